The van der Waals surface area contributed by atoms with Crippen LogP contribution in [0.4, 0.5) is 0 Å². The maximum absolute atomic E-state index is 12.9. The van der Waals surface area contributed by atoms with Gasteiger partial charge in [-0.1, -0.05) is 0 Å². The molecule has 2 unspecified atom stereocenters. The van der Waals surface area contributed by atoms with Crippen molar-refractivity contribution >= 4 is 11.9 Å². The quantitative estimate of drug-likeness (QED) is 0.720. The number of nitrogens with zero attached hydrogens (tertiary/aromatic N) is 2. The summed E-state index contributed by atoms with van der Waals surface area (Å²) in [6.45, 7) is 3.73. The molecule has 0 bridgehead atoms. The zero-order chi connectivity index (χ0) is 15.0. The normalized spacial score (nSPS) is 29.0. The highest BCUT2D eigenvalue weighted by Crippen LogP contribution is 2.32. The maximum Gasteiger partial charge on any atom is 0.326 e. The summed E-state index contributed by atoms with van der Waals surface area (Å²) in [5, 5.41) is 12.7. The molecule has 1 amide bonds. The molecule has 0 saturated carbocycles. The molecule has 3 heterocycles. The molecule has 0 aromatic carbocycles. The van der Waals surface area contributed by atoms with Gasteiger partial charge >= 0.3 is 5.97 Å². The van der Waals surface area contributed by atoms with Gasteiger partial charge in [-0.05, 0) is 26.3 Å². The van der Waals surface area contributed by atoms with Crippen LogP contribution in [0, 0.1) is 5.41 Å². The highest BCUT2D eigenvalue weighted by atomic mass is 16.4. The van der Waals surface area contributed by atoms with Gasteiger partial charge in [-0.15, -0.1) is 0 Å². The molecule has 1 saturated heterocycles. The molecule has 1 aromatic rings. The van der Waals surface area contributed by atoms with Crippen LogP contribution in [-0.4, -0.2) is 51.0 Å². The van der Waals surface area contributed by atoms with Gasteiger partial charge < -0.3 is 20.3 Å². The highest BCUT2D eigenvalue weighted by Gasteiger charge is 2.44. The van der Waals surface area contributed by atoms with Crippen molar-refractivity contribution in [3.63, 3.8) is 0 Å². The number of imidazole rings is 1. The van der Waals surface area contributed by atoms with Gasteiger partial charge in [0, 0.05) is 13.0 Å². The first kappa shape index (κ1) is 14.1. The third kappa shape index (κ3) is 2.42. The minimum atomic E-state index is -0.968. The second-order valence-corrected chi connectivity index (χ2v) is 6.16. The van der Waals surface area contributed by atoms with E-state index in [-0.39, 0.29) is 12.3 Å². The monoisotopic (exact) mass is 292 g/mol. The second kappa shape index (κ2) is 5.14. The number of amides is 1. The summed E-state index contributed by atoms with van der Waals surface area (Å²) in [5.74, 6) is -1.05. The van der Waals surface area contributed by atoms with E-state index >= 15 is 0 Å². The van der Waals surface area contributed by atoms with Crippen LogP contribution in [-0.2, 0) is 22.6 Å². The Hall–Kier alpha value is -1.89. The number of carboxylic acids is 1. The minimum absolute atomic E-state index is 0.0812. The third-order valence-electron chi connectivity index (χ3n) is 4.56. The van der Waals surface area contributed by atoms with E-state index in [1.54, 1.807) is 6.33 Å². The largest absolute Gasteiger partial charge is 0.480 e. The summed E-state index contributed by atoms with van der Waals surface area (Å²) >= 11 is 0. The van der Waals surface area contributed by atoms with Crippen molar-refractivity contribution in [2.45, 2.75) is 38.8 Å². The molecule has 3 rings (SSSR count). The molecule has 7 nitrogen and oxygen atoms in total. The zero-order valence-electron chi connectivity index (χ0n) is 12.1. The molecule has 2 aliphatic rings. The summed E-state index contributed by atoms with van der Waals surface area (Å²) in [4.78, 5) is 33.1. The molecule has 0 aliphatic carbocycles. The molecule has 7 heteroatoms. The summed E-state index contributed by atoms with van der Waals surface area (Å²) < 4.78 is 0. The fraction of sp³-hybridized carbons (Fsp3) is 0.643. The van der Waals surface area contributed by atoms with Crippen molar-refractivity contribution in [1.82, 2.24) is 20.2 Å². The lowest BCUT2D eigenvalue weighted by molar-refractivity contribution is -0.157. The molecular weight excluding hydrogens is 272 g/mol. The maximum atomic E-state index is 12.9. The summed E-state index contributed by atoms with van der Waals surface area (Å²) in [6.07, 6.45) is 3.55. The van der Waals surface area contributed by atoms with Crippen LogP contribution in [0.3, 0.4) is 0 Å². The van der Waals surface area contributed by atoms with Gasteiger partial charge in [0.05, 0.1) is 29.7 Å². The molecule has 1 fully saturated rings. The Labute approximate surface area is 122 Å². The van der Waals surface area contributed by atoms with Crippen LogP contribution in [0.2, 0.25) is 0 Å². The van der Waals surface area contributed by atoms with Gasteiger partial charge in [-0.3, -0.25) is 4.79 Å². The van der Waals surface area contributed by atoms with Gasteiger partial charge in [-0.25, -0.2) is 9.78 Å². The fourth-order valence-electron chi connectivity index (χ4n) is 3.26. The van der Waals surface area contributed by atoms with E-state index in [1.807, 2.05) is 6.92 Å². The Bertz CT molecular complexity index is 562. The van der Waals surface area contributed by atoms with Crippen LogP contribution < -0.4 is 5.32 Å². The van der Waals surface area contributed by atoms with Crippen molar-refractivity contribution in [3.8, 4) is 0 Å². The van der Waals surface area contributed by atoms with Crippen molar-refractivity contribution < 1.29 is 14.7 Å². The van der Waals surface area contributed by atoms with Crippen molar-refractivity contribution in [1.29, 1.82) is 0 Å². The van der Waals surface area contributed by atoms with Gasteiger partial charge in [0.15, 0.2) is 0 Å². The Morgan fingerprint density at radius 1 is 1.52 bits per heavy atom. The van der Waals surface area contributed by atoms with Crippen LogP contribution in [0.15, 0.2) is 6.33 Å². The first-order chi connectivity index (χ1) is 10.0. The van der Waals surface area contributed by atoms with E-state index in [1.165, 1.54) is 4.90 Å². The molecule has 2 atom stereocenters. The molecule has 114 valence electrons. The first-order valence-electron chi connectivity index (χ1n) is 7.27. The fourth-order valence-corrected chi connectivity index (χ4v) is 3.26. The molecule has 0 radical (unpaired) electrons. The zero-order valence-corrected chi connectivity index (χ0v) is 12.1. The number of H-pyrrole nitrogens is 1. The van der Waals surface area contributed by atoms with E-state index in [4.69, 9.17) is 0 Å². The number of piperidine rings is 1. The lowest BCUT2D eigenvalue weighted by Gasteiger charge is -2.41. The summed E-state index contributed by atoms with van der Waals surface area (Å²) in [5.41, 5.74) is 1.07. The number of aromatic nitrogens is 2. The topological polar surface area (TPSA) is 98.3 Å². The average molecular weight is 292 g/mol. The number of hydrogen-bond donors (Lipinski definition) is 3. The standard InChI is InChI=1S/C14H20N4O3/c1-14(3-2-4-15-7-14)13(21)18-6-10-9(16-8-17-10)5-11(18)12(19)20/h8,11,15H,2-7H2,1H3,(H,16,17)(H,19,20). The Morgan fingerprint density at radius 2 is 2.33 bits per heavy atom. The number of nitrogens with one attached hydrogen (secondary N) is 2. The third-order valence-corrected chi connectivity index (χ3v) is 4.56. The molecule has 0 spiro atoms. The smallest absolute Gasteiger partial charge is 0.326 e. The molecule has 2 aliphatic heterocycles. The first-order valence-corrected chi connectivity index (χ1v) is 7.27. The Balaban J connectivity index is 1.88. The molecular formula is C14H20N4O3. The van der Waals surface area contributed by atoms with Crippen molar-refractivity contribution in [3.05, 3.63) is 17.7 Å². The predicted molar refractivity (Wildman–Crippen MR) is 74.5 cm³/mol. The van der Waals surface area contributed by atoms with E-state index < -0.39 is 17.4 Å². The number of carbonyl (C=O) groups is 2. The van der Waals surface area contributed by atoms with Crippen molar-refractivity contribution in [2.24, 2.45) is 5.41 Å². The molecule has 3 N–H and O–H groups in total. The van der Waals surface area contributed by atoms with Gasteiger partial charge in [0.2, 0.25) is 5.91 Å². The number of aromatic amines is 1. The molecule has 21 heavy (non-hydrogen) atoms. The lowest BCUT2D eigenvalue weighted by Crippen LogP contribution is -2.56. The van der Waals surface area contributed by atoms with Crippen LogP contribution >= 0.6 is 0 Å². The minimum Gasteiger partial charge on any atom is -0.480 e. The van der Waals surface area contributed by atoms with Gasteiger partial charge in [-0.2, -0.15) is 0 Å². The van der Waals surface area contributed by atoms with E-state index in [9.17, 15) is 14.7 Å². The number of fused-ring (bicyclic) bond motifs is 1. The van der Waals surface area contributed by atoms with Crippen LogP contribution in [0.25, 0.3) is 0 Å². The molecule has 1 aromatic heterocycles. The number of aliphatic carboxylic acids is 1. The second-order valence-electron chi connectivity index (χ2n) is 6.16. The van der Waals surface area contributed by atoms with E-state index in [2.05, 4.69) is 15.3 Å². The Kier molecular flexibility index (Phi) is 3.44. The number of carboxylic acid groups (broad SMARTS) is 1. The predicted octanol–water partition coefficient (Wildman–Crippen LogP) is 0.137. The van der Waals surface area contributed by atoms with Crippen molar-refractivity contribution in [2.75, 3.05) is 13.1 Å². The average Bonchev–Trinajstić information content (AvgIpc) is 2.93. The van der Waals surface area contributed by atoms with Gasteiger partial charge in [0.1, 0.15) is 6.04 Å². The number of carbonyl (C=O) groups excluding carboxylic acids is 1. The van der Waals surface area contributed by atoms with Crippen LogP contribution in [0.1, 0.15) is 31.2 Å². The number of rotatable bonds is 2. The lowest BCUT2D eigenvalue weighted by atomic mass is 9.80. The SMILES string of the molecule is CC1(C(=O)N2Cc3[nH]cnc3CC2C(=O)O)CCCNC1. The van der Waals surface area contributed by atoms with E-state index in [0.29, 0.717) is 13.1 Å². The Morgan fingerprint density at radius 3 is 3.00 bits per heavy atom. The highest BCUT2D eigenvalue weighted by molar-refractivity contribution is 5.88. The summed E-state index contributed by atoms with van der Waals surface area (Å²) in [6, 6.07) is -0.827. The van der Waals surface area contributed by atoms with E-state index in [0.717, 1.165) is 30.8 Å². The van der Waals surface area contributed by atoms with Crippen LogP contribution in [0.5, 0.6) is 0 Å². The van der Waals surface area contributed by atoms with Gasteiger partial charge in [0.25, 0.3) is 0 Å². The summed E-state index contributed by atoms with van der Waals surface area (Å²) in [7, 11) is 0. The number of hydrogen-bond acceptors (Lipinski definition) is 4.